The van der Waals surface area contributed by atoms with E-state index in [1.165, 1.54) is 11.3 Å². The van der Waals surface area contributed by atoms with Crippen LogP contribution in [0.25, 0.3) is 11.3 Å². The van der Waals surface area contributed by atoms with Gasteiger partial charge in [0.15, 0.2) is 5.76 Å². The van der Waals surface area contributed by atoms with Crippen molar-refractivity contribution in [1.82, 2.24) is 15.0 Å². The Hall–Kier alpha value is -3.36. The fraction of sp³-hybridized carbons (Fsp3) is 0.174. The number of thiophene rings is 1. The second-order valence-electron chi connectivity index (χ2n) is 7.30. The third-order valence-electron chi connectivity index (χ3n) is 4.89. The summed E-state index contributed by atoms with van der Waals surface area (Å²) in [5.41, 5.74) is 2.32. The van der Waals surface area contributed by atoms with Crippen LogP contribution in [-0.2, 0) is 13.1 Å². The minimum Gasteiger partial charge on any atom is -0.467 e. The monoisotopic (exact) mass is 468 g/mol. The molecule has 1 aromatic carbocycles. The van der Waals surface area contributed by atoms with E-state index < -0.39 is 0 Å². The Bertz CT molecular complexity index is 1210. The molecule has 0 saturated carbocycles. The van der Waals surface area contributed by atoms with E-state index in [4.69, 9.17) is 26.0 Å². The molecule has 4 rings (SSSR count). The Morgan fingerprint density at radius 1 is 1.06 bits per heavy atom. The van der Waals surface area contributed by atoms with Crippen LogP contribution in [0.4, 0.5) is 0 Å². The number of halogens is 1. The third-order valence-corrected chi connectivity index (χ3v) is 6.11. The molecule has 0 fully saturated rings. The highest BCUT2D eigenvalue weighted by Crippen LogP contribution is 2.24. The van der Waals surface area contributed by atoms with Crippen molar-refractivity contribution >= 4 is 34.7 Å². The first-order chi connectivity index (χ1) is 15.4. The van der Waals surface area contributed by atoms with Gasteiger partial charge in [0.25, 0.3) is 5.91 Å². The predicted octanol–water partition coefficient (Wildman–Crippen LogP) is 5.38. The quantitative estimate of drug-likeness (QED) is 0.290. The number of nitrogens with zero attached hydrogens (tertiary/aromatic N) is 3. The molecular formula is C23H21ClN4O3S. The molecule has 1 amide bonds. The first-order valence-electron chi connectivity index (χ1n) is 9.80. The molecule has 164 valence electrons. The maximum Gasteiger partial charge on any atom is 0.264 e. The molecule has 4 aromatic rings. The van der Waals surface area contributed by atoms with Crippen LogP contribution in [0.5, 0.6) is 0 Å². The van der Waals surface area contributed by atoms with Crippen molar-refractivity contribution in [1.29, 1.82) is 5.41 Å². The molecule has 32 heavy (non-hydrogen) atoms. The largest absolute Gasteiger partial charge is 0.467 e. The van der Waals surface area contributed by atoms with E-state index in [-0.39, 0.29) is 5.91 Å². The molecular weight excluding hydrogens is 448 g/mol. The van der Waals surface area contributed by atoms with Gasteiger partial charge in [0.2, 0.25) is 0 Å². The SMILES string of the molecule is CN(Cc1ccco1)C(=N)c1ccc(-c2cc(CN(C)C(=O)c3ccc(Cl)s3)on2)cc1. The number of rotatable bonds is 7. The number of amides is 1. The van der Waals surface area contributed by atoms with E-state index in [2.05, 4.69) is 5.16 Å². The van der Waals surface area contributed by atoms with E-state index in [1.807, 2.05) is 54.4 Å². The Labute approximate surface area is 194 Å². The second-order valence-corrected chi connectivity index (χ2v) is 9.02. The van der Waals surface area contributed by atoms with Gasteiger partial charge in [-0.3, -0.25) is 10.2 Å². The first-order valence-corrected chi connectivity index (χ1v) is 11.0. The lowest BCUT2D eigenvalue weighted by molar-refractivity contribution is 0.0777. The van der Waals surface area contributed by atoms with Crippen molar-refractivity contribution in [2.24, 2.45) is 0 Å². The smallest absolute Gasteiger partial charge is 0.264 e. The van der Waals surface area contributed by atoms with Crippen LogP contribution < -0.4 is 0 Å². The van der Waals surface area contributed by atoms with E-state index in [1.54, 1.807) is 30.3 Å². The number of carbonyl (C=O) groups is 1. The highest BCUT2D eigenvalue weighted by molar-refractivity contribution is 7.17. The van der Waals surface area contributed by atoms with E-state index in [0.717, 1.165) is 16.9 Å². The molecule has 0 aliphatic rings. The molecule has 0 aliphatic heterocycles. The Morgan fingerprint density at radius 3 is 2.47 bits per heavy atom. The number of benzene rings is 1. The van der Waals surface area contributed by atoms with Crippen LogP contribution in [-0.4, -0.2) is 40.8 Å². The summed E-state index contributed by atoms with van der Waals surface area (Å²) < 4.78 is 11.4. The van der Waals surface area contributed by atoms with Gasteiger partial charge in [-0.15, -0.1) is 11.3 Å². The number of nitrogens with one attached hydrogen (secondary N) is 1. The Kier molecular flexibility index (Phi) is 6.43. The zero-order valence-corrected chi connectivity index (χ0v) is 19.1. The van der Waals surface area contributed by atoms with Crippen LogP contribution >= 0.6 is 22.9 Å². The van der Waals surface area contributed by atoms with Crippen LogP contribution in [0, 0.1) is 5.41 Å². The molecule has 0 radical (unpaired) electrons. The Balaban J connectivity index is 1.39. The van der Waals surface area contributed by atoms with E-state index in [9.17, 15) is 4.79 Å². The number of hydrogen-bond acceptors (Lipinski definition) is 6. The number of amidine groups is 1. The standard InChI is InChI=1S/C23H21ClN4O3S/c1-27(13-17-4-3-11-30-17)22(25)16-7-5-15(6-8-16)19-12-18(31-26-19)14-28(2)23(29)20-9-10-21(24)32-20/h3-12,25H,13-14H2,1-2H3. The van der Waals surface area contributed by atoms with E-state index in [0.29, 0.717) is 39.6 Å². The van der Waals surface area contributed by atoms with Gasteiger partial charge in [-0.2, -0.15) is 0 Å². The second kappa shape index (κ2) is 9.42. The molecule has 0 saturated heterocycles. The Morgan fingerprint density at radius 2 is 1.81 bits per heavy atom. The number of hydrogen-bond donors (Lipinski definition) is 1. The maximum atomic E-state index is 12.5. The molecule has 0 aliphatic carbocycles. The first kappa shape index (κ1) is 21.9. The van der Waals surface area contributed by atoms with Gasteiger partial charge in [-0.05, 0) is 24.3 Å². The van der Waals surface area contributed by atoms with Crippen LogP contribution in [0.2, 0.25) is 4.34 Å². The zero-order valence-electron chi connectivity index (χ0n) is 17.5. The number of carbonyl (C=O) groups excluding carboxylic acids is 1. The maximum absolute atomic E-state index is 12.5. The van der Waals surface area contributed by atoms with Gasteiger partial charge >= 0.3 is 0 Å². The summed E-state index contributed by atoms with van der Waals surface area (Å²) >= 11 is 7.16. The fourth-order valence-electron chi connectivity index (χ4n) is 3.18. The predicted molar refractivity (Wildman–Crippen MR) is 124 cm³/mol. The van der Waals surface area contributed by atoms with Crippen LogP contribution in [0.15, 0.2) is 69.8 Å². The average molecular weight is 469 g/mol. The molecule has 0 spiro atoms. The van der Waals surface area contributed by atoms with Gasteiger partial charge in [-0.25, -0.2) is 0 Å². The highest BCUT2D eigenvalue weighted by atomic mass is 35.5. The summed E-state index contributed by atoms with van der Waals surface area (Å²) in [6, 6.07) is 16.5. The minimum absolute atomic E-state index is 0.124. The third kappa shape index (κ3) is 4.92. The van der Waals surface area contributed by atoms with E-state index >= 15 is 0 Å². The van der Waals surface area contributed by atoms with Gasteiger partial charge in [0, 0.05) is 31.3 Å². The van der Waals surface area contributed by atoms with Gasteiger partial charge in [0.05, 0.1) is 28.6 Å². The summed E-state index contributed by atoms with van der Waals surface area (Å²) in [5.74, 6) is 1.65. The van der Waals surface area contributed by atoms with Crippen molar-refractivity contribution in [2.75, 3.05) is 14.1 Å². The van der Waals surface area contributed by atoms with Crippen molar-refractivity contribution in [3.63, 3.8) is 0 Å². The zero-order chi connectivity index (χ0) is 22.7. The van der Waals surface area contributed by atoms with Crippen molar-refractivity contribution < 1.29 is 13.7 Å². The van der Waals surface area contributed by atoms with Crippen molar-refractivity contribution in [2.45, 2.75) is 13.1 Å². The molecule has 9 heteroatoms. The average Bonchev–Trinajstić information content (AvgIpc) is 3.55. The molecule has 3 aromatic heterocycles. The minimum atomic E-state index is -0.124. The van der Waals surface area contributed by atoms with Gasteiger partial charge in [0.1, 0.15) is 17.3 Å². The molecule has 0 atom stereocenters. The summed E-state index contributed by atoms with van der Waals surface area (Å²) in [5, 5.41) is 12.5. The highest BCUT2D eigenvalue weighted by Gasteiger charge is 2.17. The number of furan rings is 1. The van der Waals surface area contributed by atoms with Gasteiger partial charge in [-0.1, -0.05) is 41.0 Å². The molecule has 0 bridgehead atoms. The molecule has 7 nitrogen and oxygen atoms in total. The fourth-order valence-corrected chi connectivity index (χ4v) is 4.22. The molecule has 3 heterocycles. The summed E-state index contributed by atoms with van der Waals surface area (Å²) in [6.07, 6.45) is 1.62. The normalized spacial score (nSPS) is 10.8. The van der Waals surface area contributed by atoms with Crippen LogP contribution in [0.1, 0.15) is 26.8 Å². The summed E-state index contributed by atoms with van der Waals surface area (Å²) in [7, 11) is 3.56. The topological polar surface area (TPSA) is 86.6 Å². The van der Waals surface area contributed by atoms with Crippen molar-refractivity contribution in [3.05, 3.63) is 87.2 Å². The van der Waals surface area contributed by atoms with Gasteiger partial charge < -0.3 is 18.7 Å². The lowest BCUT2D eigenvalue weighted by Gasteiger charge is -2.18. The molecule has 1 N–H and O–H groups in total. The number of aromatic nitrogens is 1. The lowest BCUT2D eigenvalue weighted by atomic mass is 10.1. The van der Waals surface area contributed by atoms with Crippen molar-refractivity contribution in [3.8, 4) is 11.3 Å². The molecule has 0 unspecified atom stereocenters. The summed E-state index contributed by atoms with van der Waals surface area (Å²) in [6.45, 7) is 0.811. The van der Waals surface area contributed by atoms with Crippen LogP contribution in [0.3, 0.4) is 0 Å². The lowest BCUT2D eigenvalue weighted by Crippen LogP contribution is -2.25. The summed E-state index contributed by atoms with van der Waals surface area (Å²) in [4.78, 5) is 16.4.